The second-order valence-corrected chi connectivity index (χ2v) is 9.14. The van der Waals surface area contributed by atoms with Crippen LogP contribution in [0.4, 0.5) is 5.13 Å². The van der Waals surface area contributed by atoms with Gasteiger partial charge in [0, 0.05) is 5.56 Å². The molecule has 0 aliphatic carbocycles. The molecular weight excluding hydrogens is 394 g/mol. The fourth-order valence-electron chi connectivity index (χ4n) is 3.06. The summed E-state index contributed by atoms with van der Waals surface area (Å²) in [4.78, 5) is 12.6. The van der Waals surface area contributed by atoms with Crippen LogP contribution < -0.4 is 10.1 Å². The first-order valence-electron chi connectivity index (χ1n) is 9.74. The van der Waals surface area contributed by atoms with Crippen LogP contribution in [-0.2, 0) is 12.0 Å². The van der Waals surface area contributed by atoms with Crippen LogP contribution in [0.15, 0.2) is 66.7 Å². The smallest absolute Gasteiger partial charge is 0.257 e. The zero-order valence-electron chi connectivity index (χ0n) is 17.2. The van der Waals surface area contributed by atoms with Gasteiger partial charge in [0.2, 0.25) is 5.13 Å². The van der Waals surface area contributed by atoms with E-state index in [0.717, 1.165) is 16.5 Å². The summed E-state index contributed by atoms with van der Waals surface area (Å²) < 4.78 is 5.81. The molecule has 1 amide bonds. The van der Waals surface area contributed by atoms with Crippen molar-refractivity contribution in [1.29, 1.82) is 0 Å². The highest BCUT2D eigenvalue weighted by Gasteiger charge is 2.14. The Morgan fingerprint density at radius 1 is 0.967 bits per heavy atom. The molecule has 0 saturated heterocycles. The number of amides is 1. The molecule has 0 fully saturated rings. The van der Waals surface area contributed by atoms with Gasteiger partial charge in [0.15, 0.2) is 5.01 Å². The molecule has 0 atom stereocenters. The molecule has 0 aliphatic rings. The van der Waals surface area contributed by atoms with Crippen molar-refractivity contribution in [1.82, 2.24) is 10.2 Å². The average molecular weight is 418 g/mol. The van der Waals surface area contributed by atoms with Gasteiger partial charge in [0.05, 0.1) is 0 Å². The summed E-state index contributed by atoms with van der Waals surface area (Å²) in [6.07, 6.45) is 0. The molecule has 4 rings (SSSR count). The molecule has 0 radical (unpaired) electrons. The molecule has 0 saturated carbocycles. The fraction of sp³-hybridized carbons (Fsp3) is 0.208. The number of nitrogens with zero attached hydrogens (tertiary/aromatic N) is 2. The van der Waals surface area contributed by atoms with Gasteiger partial charge in [-0.1, -0.05) is 74.6 Å². The maximum atomic E-state index is 12.6. The largest absolute Gasteiger partial charge is 0.486 e. The van der Waals surface area contributed by atoms with Crippen molar-refractivity contribution in [2.24, 2.45) is 0 Å². The van der Waals surface area contributed by atoms with Crippen molar-refractivity contribution in [2.75, 3.05) is 5.32 Å². The SMILES string of the molecule is CC(C)(C)c1ccc(OCc2nnc(NC(=O)c3ccc4ccccc4c3)s2)cc1. The molecule has 1 N–H and O–H groups in total. The van der Waals surface area contributed by atoms with E-state index in [9.17, 15) is 4.79 Å². The molecule has 1 aromatic heterocycles. The Labute approximate surface area is 179 Å². The molecule has 4 aromatic rings. The van der Waals surface area contributed by atoms with E-state index in [1.165, 1.54) is 16.9 Å². The predicted octanol–water partition coefficient (Wildman–Crippen LogP) is 5.82. The van der Waals surface area contributed by atoms with E-state index < -0.39 is 0 Å². The van der Waals surface area contributed by atoms with E-state index in [2.05, 4.69) is 48.4 Å². The molecule has 152 valence electrons. The standard InChI is InChI=1S/C24H23N3O2S/c1-24(2,3)19-10-12-20(13-11-19)29-15-21-26-27-23(30-21)25-22(28)18-9-8-16-6-4-5-7-17(16)14-18/h4-14H,15H2,1-3H3,(H,25,27,28). The maximum Gasteiger partial charge on any atom is 0.257 e. The van der Waals surface area contributed by atoms with Crippen molar-refractivity contribution >= 4 is 33.1 Å². The van der Waals surface area contributed by atoms with E-state index in [0.29, 0.717) is 22.3 Å². The highest BCUT2D eigenvalue weighted by Crippen LogP contribution is 2.25. The Bertz CT molecular complexity index is 1180. The van der Waals surface area contributed by atoms with E-state index >= 15 is 0 Å². The first-order valence-corrected chi connectivity index (χ1v) is 10.6. The normalized spacial score (nSPS) is 11.4. The van der Waals surface area contributed by atoms with Gasteiger partial charge in [-0.05, 0) is 46.0 Å². The van der Waals surface area contributed by atoms with Crippen LogP contribution in [0.2, 0.25) is 0 Å². The Morgan fingerprint density at radius 2 is 1.70 bits per heavy atom. The lowest BCUT2D eigenvalue weighted by Gasteiger charge is -2.19. The minimum Gasteiger partial charge on any atom is -0.486 e. The van der Waals surface area contributed by atoms with Crippen molar-refractivity contribution in [3.8, 4) is 5.75 Å². The zero-order valence-corrected chi connectivity index (χ0v) is 18.0. The van der Waals surface area contributed by atoms with Crippen molar-refractivity contribution < 1.29 is 9.53 Å². The Hall–Kier alpha value is -3.25. The van der Waals surface area contributed by atoms with Crippen LogP contribution in [0.5, 0.6) is 5.75 Å². The number of hydrogen-bond acceptors (Lipinski definition) is 5. The van der Waals surface area contributed by atoms with Crippen LogP contribution in [-0.4, -0.2) is 16.1 Å². The highest BCUT2D eigenvalue weighted by molar-refractivity contribution is 7.15. The number of nitrogens with one attached hydrogen (secondary N) is 1. The number of ether oxygens (including phenoxy) is 1. The summed E-state index contributed by atoms with van der Waals surface area (Å²) >= 11 is 1.31. The van der Waals surface area contributed by atoms with Gasteiger partial charge in [0.1, 0.15) is 12.4 Å². The molecule has 0 bridgehead atoms. The number of carbonyl (C=O) groups excluding carboxylic acids is 1. The topological polar surface area (TPSA) is 64.1 Å². The molecule has 6 heteroatoms. The number of rotatable bonds is 5. The minimum atomic E-state index is -0.206. The third-order valence-corrected chi connectivity index (χ3v) is 5.59. The van der Waals surface area contributed by atoms with Crippen LogP contribution in [0.1, 0.15) is 41.7 Å². The average Bonchev–Trinajstić information content (AvgIpc) is 3.19. The molecule has 0 unspecified atom stereocenters. The second kappa shape index (κ2) is 8.24. The predicted molar refractivity (Wildman–Crippen MR) is 121 cm³/mol. The van der Waals surface area contributed by atoms with Gasteiger partial charge < -0.3 is 4.74 Å². The molecule has 5 nitrogen and oxygen atoms in total. The van der Waals surface area contributed by atoms with E-state index in [1.807, 2.05) is 54.6 Å². The first kappa shape index (κ1) is 20.0. The summed E-state index contributed by atoms with van der Waals surface area (Å²) in [6.45, 7) is 6.84. The van der Waals surface area contributed by atoms with Crippen LogP contribution in [0.25, 0.3) is 10.8 Å². The van der Waals surface area contributed by atoms with Gasteiger partial charge in [0.25, 0.3) is 5.91 Å². The summed E-state index contributed by atoms with van der Waals surface area (Å²) in [5, 5.41) is 14.3. The fourth-order valence-corrected chi connectivity index (χ4v) is 3.71. The third-order valence-electron chi connectivity index (χ3n) is 4.78. The van der Waals surface area contributed by atoms with Gasteiger partial charge in [-0.2, -0.15) is 0 Å². The van der Waals surface area contributed by atoms with Gasteiger partial charge >= 0.3 is 0 Å². The molecule has 1 heterocycles. The molecule has 30 heavy (non-hydrogen) atoms. The molecule has 3 aromatic carbocycles. The quantitative estimate of drug-likeness (QED) is 0.444. The Kier molecular flexibility index (Phi) is 5.50. The zero-order chi connectivity index (χ0) is 21.1. The van der Waals surface area contributed by atoms with E-state index in [4.69, 9.17) is 4.74 Å². The molecule has 0 spiro atoms. The van der Waals surface area contributed by atoms with Gasteiger partial charge in [-0.15, -0.1) is 10.2 Å². The monoisotopic (exact) mass is 417 g/mol. The number of benzene rings is 3. The Balaban J connectivity index is 1.37. The van der Waals surface area contributed by atoms with Crippen molar-refractivity contribution in [3.63, 3.8) is 0 Å². The summed E-state index contributed by atoms with van der Waals surface area (Å²) in [6, 6.07) is 21.6. The van der Waals surface area contributed by atoms with Crippen LogP contribution in [0, 0.1) is 0 Å². The third kappa shape index (κ3) is 4.66. The lowest BCUT2D eigenvalue weighted by atomic mass is 9.87. The number of carbonyl (C=O) groups is 1. The summed E-state index contributed by atoms with van der Waals surface area (Å²) in [7, 11) is 0. The van der Waals surface area contributed by atoms with Crippen molar-refractivity contribution in [2.45, 2.75) is 32.8 Å². The lowest BCUT2D eigenvalue weighted by molar-refractivity contribution is 0.102. The van der Waals surface area contributed by atoms with E-state index in [1.54, 1.807) is 0 Å². The van der Waals surface area contributed by atoms with Crippen LogP contribution in [0.3, 0.4) is 0 Å². The lowest BCUT2D eigenvalue weighted by Crippen LogP contribution is -2.11. The van der Waals surface area contributed by atoms with Gasteiger partial charge in [-0.3, -0.25) is 10.1 Å². The molecular formula is C24H23N3O2S. The number of fused-ring (bicyclic) bond motifs is 1. The van der Waals surface area contributed by atoms with Crippen molar-refractivity contribution in [3.05, 3.63) is 82.9 Å². The van der Waals surface area contributed by atoms with Gasteiger partial charge in [-0.25, -0.2) is 0 Å². The second-order valence-electron chi connectivity index (χ2n) is 8.08. The van der Waals surface area contributed by atoms with Crippen LogP contribution >= 0.6 is 11.3 Å². The Morgan fingerprint density at radius 3 is 2.43 bits per heavy atom. The maximum absolute atomic E-state index is 12.6. The number of hydrogen-bond donors (Lipinski definition) is 1. The van der Waals surface area contributed by atoms with E-state index in [-0.39, 0.29) is 11.3 Å². The first-order chi connectivity index (χ1) is 14.4. The number of aromatic nitrogens is 2. The number of anilines is 1. The highest BCUT2D eigenvalue weighted by atomic mass is 32.1. The minimum absolute atomic E-state index is 0.107. The summed E-state index contributed by atoms with van der Waals surface area (Å²) in [5.74, 6) is 0.571. The molecule has 0 aliphatic heterocycles. The summed E-state index contributed by atoms with van der Waals surface area (Å²) in [5.41, 5.74) is 1.95.